The van der Waals surface area contributed by atoms with Crippen LogP contribution < -0.4 is 10.2 Å². The normalized spacial score (nSPS) is 13.8. The summed E-state index contributed by atoms with van der Waals surface area (Å²) in [6, 6.07) is 12.3. The van der Waals surface area contributed by atoms with Crippen LogP contribution >= 0.6 is 0 Å². The number of nitrogens with zero attached hydrogens (tertiary/aromatic N) is 2. The van der Waals surface area contributed by atoms with Gasteiger partial charge in [-0.25, -0.2) is 9.18 Å². The zero-order valence-corrected chi connectivity index (χ0v) is 15.4. The predicted octanol–water partition coefficient (Wildman–Crippen LogP) is 1.90. The molecule has 3 rings (SSSR count). The van der Waals surface area contributed by atoms with Crippen LogP contribution in [0.25, 0.3) is 0 Å². The highest BCUT2D eigenvalue weighted by Gasteiger charge is 2.26. The second-order valence-electron chi connectivity index (χ2n) is 6.28. The van der Waals surface area contributed by atoms with E-state index >= 15 is 0 Å². The Hall–Kier alpha value is -3.42. The third-order valence-corrected chi connectivity index (χ3v) is 4.49. The summed E-state index contributed by atoms with van der Waals surface area (Å²) in [5.41, 5.74) is 1.49. The topological polar surface area (TPSA) is 78.9 Å². The lowest BCUT2D eigenvalue weighted by Crippen LogP contribution is -2.51. The van der Waals surface area contributed by atoms with Gasteiger partial charge in [0, 0.05) is 37.6 Å². The Labute approximate surface area is 161 Å². The largest absolute Gasteiger partial charge is 0.465 e. The highest BCUT2D eigenvalue weighted by Crippen LogP contribution is 2.17. The number of nitrogens with one attached hydrogen (secondary N) is 1. The van der Waals surface area contributed by atoms with Gasteiger partial charge in [-0.15, -0.1) is 0 Å². The lowest BCUT2D eigenvalue weighted by molar-refractivity contribution is -0.143. The summed E-state index contributed by atoms with van der Waals surface area (Å²) in [6.07, 6.45) is 0. The van der Waals surface area contributed by atoms with Crippen LogP contribution in [0, 0.1) is 5.82 Å². The second kappa shape index (κ2) is 8.51. The summed E-state index contributed by atoms with van der Waals surface area (Å²) >= 11 is 0. The van der Waals surface area contributed by atoms with E-state index in [0.29, 0.717) is 31.9 Å². The monoisotopic (exact) mass is 385 g/mol. The smallest absolute Gasteiger partial charge is 0.337 e. The molecular weight excluding hydrogens is 365 g/mol. The molecule has 8 heteroatoms. The molecular formula is C20H20FN3O4. The fourth-order valence-corrected chi connectivity index (χ4v) is 2.99. The fraction of sp³-hybridized carbons (Fsp3) is 0.250. The molecule has 0 aromatic heterocycles. The minimum Gasteiger partial charge on any atom is -0.465 e. The minimum absolute atomic E-state index is 0.278. The van der Waals surface area contributed by atoms with E-state index in [9.17, 15) is 18.8 Å². The van der Waals surface area contributed by atoms with Crippen molar-refractivity contribution in [2.45, 2.75) is 0 Å². The molecule has 1 saturated heterocycles. The summed E-state index contributed by atoms with van der Waals surface area (Å²) in [5, 5.41) is 2.51. The molecule has 0 bridgehead atoms. The van der Waals surface area contributed by atoms with Crippen LogP contribution in [0.1, 0.15) is 10.4 Å². The lowest BCUT2D eigenvalue weighted by atomic mass is 10.2. The Bertz CT molecular complexity index is 877. The minimum atomic E-state index is -0.766. The zero-order chi connectivity index (χ0) is 20.1. The van der Waals surface area contributed by atoms with E-state index < -0.39 is 17.8 Å². The van der Waals surface area contributed by atoms with Gasteiger partial charge in [0.05, 0.1) is 12.7 Å². The molecule has 7 nitrogen and oxygen atoms in total. The molecule has 1 fully saturated rings. The van der Waals surface area contributed by atoms with Crippen molar-refractivity contribution in [2.75, 3.05) is 43.5 Å². The molecule has 28 heavy (non-hydrogen) atoms. The molecule has 1 heterocycles. The van der Waals surface area contributed by atoms with Crippen LogP contribution in [-0.4, -0.2) is 56.0 Å². The Morgan fingerprint density at radius 2 is 1.68 bits per heavy atom. The number of hydrogen-bond donors (Lipinski definition) is 1. The van der Waals surface area contributed by atoms with E-state index in [1.54, 1.807) is 30.3 Å². The van der Waals surface area contributed by atoms with Crippen molar-refractivity contribution >= 4 is 29.2 Å². The number of benzene rings is 2. The summed E-state index contributed by atoms with van der Waals surface area (Å²) in [7, 11) is 1.27. The second-order valence-corrected chi connectivity index (χ2v) is 6.28. The zero-order valence-electron chi connectivity index (χ0n) is 15.4. The Morgan fingerprint density at radius 1 is 1.00 bits per heavy atom. The van der Waals surface area contributed by atoms with E-state index in [2.05, 4.69) is 10.1 Å². The molecule has 0 saturated carbocycles. The van der Waals surface area contributed by atoms with Crippen molar-refractivity contribution in [2.24, 2.45) is 0 Å². The van der Waals surface area contributed by atoms with Gasteiger partial charge in [0.25, 0.3) is 0 Å². The van der Waals surface area contributed by atoms with Crippen LogP contribution in [-0.2, 0) is 14.3 Å². The van der Waals surface area contributed by atoms with E-state index in [-0.39, 0.29) is 11.4 Å². The van der Waals surface area contributed by atoms with E-state index in [1.807, 2.05) is 4.90 Å². The fourth-order valence-electron chi connectivity index (χ4n) is 2.99. The number of carbonyl (C=O) groups is 3. The van der Waals surface area contributed by atoms with Gasteiger partial charge < -0.3 is 19.9 Å². The Balaban J connectivity index is 1.57. The number of anilines is 2. The average molecular weight is 385 g/mol. The number of rotatable bonds is 3. The predicted molar refractivity (Wildman–Crippen MR) is 102 cm³/mol. The molecule has 1 N–H and O–H groups in total. The SMILES string of the molecule is COC(=O)c1cccc(NC(=O)C(=O)N2CCN(c3ccc(F)cc3)CC2)c1. The molecule has 2 aromatic carbocycles. The molecule has 0 atom stereocenters. The summed E-state index contributed by atoms with van der Waals surface area (Å²) < 4.78 is 17.7. The van der Waals surface area contributed by atoms with Gasteiger partial charge >= 0.3 is 17.8 Å². The van der Waals surface area contributed by atoms with Gasteiger partial charge in [-0.2, -0.15) is 0 Å². The van der Waals surface area contributed by atoms with Crippen molar-refractivity contribution in [3.63, 3.8) is 0 Å². The van der Waals surface area contributed by atoms with E-state index in [0.717, 1.165) is 5.69 Å². The third kappa shape index (κ3) is 4.46. The Kier molecular flexibility index (Phi) is 5.88. The lowest BCUT2D eigenvalue weighted by Gasteiger charge is -2.35. The van der Waals surface area contributed by atoms with Crippen molar-refractivity contribution in [1.29, 1.82) is 0 Å². The quantitative estimate of drug-likeness (QED) is 0.645. The number of halogens is 1. The maximum absolute atomic E-state index is 13.0. The van der Waals surface area contributed by atoms with Gasteiger partial charge in [-0.3, -0.25) is 9.59 Å². The van der Waals surface area contributed by atoms with Crippen molar-refractivity contribution < 1.29 is 23.5 Å². The first-order chi connectivity index (χ1) is 13.5. The highest BCUT2D eigenvalue weighted by molar-refractivity contribution is 6.39. The van der Waals surface area contributed by atoms with Crippen molar-refractivity contribution in [3.8, 4) is 0 Å². The number of methoxy groups -OCH3 is 1. The molecule has 2 amide bonds. The highest BCUT2D eigenvalue weighted by atomic mass is 19.1. The van der Waals surface area contributed by atoms with Crippen LogP contribution in [0.5, 0.6) is 0 Å². The van der Waals surface area contributed by atoms with Crippen LogP contribution in [0.4, 0.5) is 15.8 Å². The van der Waals surface area contributed by atoms with Gasteiger partial charge in [-0.05, 0) is 42.5 Å². The maximum Gasteiger partial charge on any atom is 0.337 e. The molecule has 146 valence electrons. The number of carbonyl (C=O) groups excluding carboxylic acids is 3. The molecule has 1 aliphatic heterocycles. The standard InChI is InChI=1S/C20H20FN3O4/c1-28-20(27)14-3-2-4-16(13-14)22-18(25)19(26)24-11-9-23(10-12-24)17-7-5-15(21)6-8-17/h2-8,13H,9-12H2,1H3,(H,22,25). The molecule has 0 spiro atoms. The first-order valence-electron chi connectivity index (χ1n) is 8.77. The third-order valence-electron chi connectivity index (χ3n) is 4.49. The number of esters is 1. The van der Waals surface area contributed by atoms with Crippen molar-refractivity contribution in [3.05, 3.63) is 59.9 Å². The van der Waals surface area contributed by atoms with Gasteiger partial charge in [-0.1, -0.05) is 6.07 Å². The summed E-state index contributed by atoms with van der Waals surface area (Å²) in [6.45, 7) is 1.85. The van der Waals surface area contributed by atoms with E-state index in [4.69, 9.17) is 0 Å². The summed E-state index contributed by atoms with van der Waals surface area (Å²) in [5.74, 6) is -2.23. The first kappa shape index (κ1) is 19.3. The Morgan fingerprint density at radius 3 is 2.32 bits per heavy atom. The van der Waals surface area contributed by atoms with Gasteiger partial charge in [0.1, 0.15) is 5.82 Å². The molecule has 0 unspecified atom stereocenters. The first-order valence-corrected chi connectivity index (χ1v) is 8.77. The van der Waals surface area contributed by atoms with Gasteiger partial charge in [0.2, 0.25) is 0 Å². The number of piperazine rings is 1. The van der Waals surface area contributed by atoms with Crippen LogP contribution in [0.3, 0.4) is 0 Å². The molecule has 0 aliphatic carbocycles. The van der Waals surface area contributed by atoms with Gasteiger partial charge in [0.15, 0.2) is 0 Å². The van der Waals surface area contributed by atoms with E-state index in [1.165, 1.54) is 30.2 Å². The molecule has 0 radical (unpaired) electrons. The maximum atomic E-state index is 13.0. The summed E-state index contributed by atoms with van der Waals surface area (Å²) in [4.78, 5) is 39.8. The molecule has 2 aromatic rings. The van der Waals surface area contributed by atoms with Crippen LogP contribution in [0.2, 0.25) is 0 Å². The van der Waals surface area contributed by atoms with Crippen molar-refractivity contribution in [1.82, 2.24) is 4.90 Å². The number of ether oxygens (including phenoxy) is 1. The average Bonchev–Trinajstić information content (AvgIpc) is 2.73. The van der Waals surface area contributed by atoms with Crippen LogP contribution in [0.15, 0.2) is 48.5 Å². The molecule has 1 aliphatic rings. The number of hydrogen-bond acceptors (Lipinski definition) is 5. The number of amides is 2.